The number of ether oxygens (including phenoxy) is 1. The van der Waals surface area contributed by atoms with Crippen molar-refractivity contribution in [3.05, 3.63) is 65.4 Å². The minimum Gasteiger partial charge on any atom is -0.497 e. The van der Waals surface area contributed by atoms with Crippen molar-refractivity contribution in [2.75, 3.05) is 13.7 Å². The molecule has 2 heterocycles. The summed E-state index contributed by atoms with van der Waals surface area (Å²) in [6.07, 6.45) is 1.14. The molecular weight excluding hydrogens is 338 g/mol. The minimum atomic E-state index is -0.316. The van der Waals surface area contributed by atoms with Crippen LogP contribution in [0.25, 0.3) is 10.9 Å². The zero-order valence-corrected chi connectivity index (χ0v) is 15.8. The third-order valence-corrected chi connectivity index (χ3v) is 5.65. The largest absolute Gasteiger partial charge is 0.497 e. The molecule has 1 aromatic heterocycles. The summed E-state index contributed by atoms with van der Waals surface area (Å²) in [5.41, 5.74) is 10.2. The number of nitrogens with two attached hydrogens (primary N) is 1. The van der Waals surface area contributed by atoms with Crippen LogP contribution in [0.2, 0.25) is 0 Å². The lowest BCUT2D eigenvalue weighted by molar-refractivity contribution is -0.118. The Morgan fingerprint density at radius 3 is 2.74 bits per heavy atom. The van der Waals surface area contributed by atoms with Crippen molar-refractivity contribution in [1.29, 1.82) is 0 Å². The number of amides is 1. The molecule has 27 heavy (non-hydrogen) atoms. The molecule has 0 bridgehead atoms. The lowest BCUT2D eigenvalue weighted by Crippen LogP contribution is -2.40. The molecule has 2 N–H and O–H groups in total. The van der Waals surface area contributed by atoms with Crippen LogP contribution in [0, 0.1) is 6.92 Å². The number of hydrogen-bond donors (Lipinski definition) is 1. The monoisotopic (exact) mass is 363 g/mol. The molecule has 1 aliphatic heterocycles. The first-order chi connectivity index (χ1) is 13.1. The van der Waals surface area contributed by atoms with Gasteiger partial charge in [-0.2, -0.15) is 0 Å². The zero-order valence-electron chi connectivity index (χ0n) is 15.8. The molecule has 1 fully saturated rings. The van der Waals surface area contributed by atoms with Crippen LogP contribution in [0.4, 0.5) is 0 Å². The Morgan fingerprint density at radius 1 is 1.22 bits per heavy atom. The number of nitrogens with zero attached hydrogens (tertiary/aromatic N) is 2. The Kier molecular flexibility index (Phi) is 4.62. The summed E-state index contributed by atoms with van der Waals surface area (Å²) in [7, 11) is 1.70. The Hall–Kier alpha value is -2.79. The SMILES string of the molecule is COc1cccc(C2CCN2Cc2c(C)n(CC(N)=O)c3ccccc23)c1. The molecule has 1 amide bonds. The van der Waals surface area contributed by atoms with Gasteiger partial charge < -0.3 is 15.0 Å². The van der Waals surface area contributed by atoms with E-state index in [9.17, 15) is 4.79 Å². The minimum absolute atomic E-state index is 0.214. The smallest absolute Gasteiger partial charge is 0.237 e. The van der Waals surface area contributed by atoms with Gasteiger partial charge in [-0.15, -0.1) is 0 Å². The average molecular weight is 363 g/mol. The molecule has 1 atom stereocenters. The van der Waals surface area contributed by atoms with Gasteiger partial charge in [0.2, 0.25) is 5.91 Å². The van der Waals surface area contributed by atoms with E-state index in [2.05, 4.69) is 48.2 Å². The topological polar surface area (TPSA) is 60.5 Å². The third kappa shape index (κ3) is 3.19. The highest BCUT2D eigenvalue weighted by atomic mass is 16.5. The first-order valence-corrected chi connectivity index (χ1v) is 9.31. The van der Waals surface area contributed by atoms with Crippen molar-refractivity contribution in [3.63, 3.8) is 0 Å². The number of fused-ring (bicyclic) bond motifs is 1. The maximum Gasteiger partial charge on any atom is 0.237 e. The van der Waals surface area contributed by atoms with Gasteiger partial charge in [-0.05, 0) is 42.7 Å². The average Bonchev–Trinajstić information content (AvgIpc) is 2.90. The number of benzene rings is 2. The highest BCUT2D eigenvalue weighted by molar-refractivity contribution is 5.87. The summed E-state index contributed by atoms with van der Waals surface area (Å²) in [6, 6.07) is 17.0. The van der Waals surface area contributed by atoms with E-state index >= 15 is 0 Å². The van der Waals surface area contributed by atoms with Crippen LogP contribution in [0.15, 0.2) is 48.5 Å². The number of carbonyl (C=O) groups is 1. The number of hydrogen-bond acceptors (Lipinski definition) is 3. The lowest BCUT2D eigenvalue weighted by Gasteiger charge is -2.41. The number of aromatic nitrogens is 1. The second kappa shape index (κ2) is 7.08. The molecule has 0 radical (unpaired) electrons. The molecule has 4 rings (SSSR count). The lowest BCUT2D eigenvalue weighted by atomic mass is 9.93. The molecule has 1 saturated heterocycles. The number of rotatable bonds is 6. The van der Waals surface area contributed by atoms with Crippen LogP contribution in [-0.4, -0.2) is 29.0 Å². The van der Waals surface area contributed by atoms with Gasteiger partial charge in [0.05, 0.1) is 7.11 Å². The van der Waals surface area contributed by atoms with Crippen molar-refractivity contribution in [1.82, 2.24) is 9.47 Å². The number of primary amides is 1. The number of methoxy groups -OCH3 is 1. The quantitative estimate of drug-likeness (QED) is 0.730. The van der Waals surface area contributed by atoms with Gasteiger partial charge in [-0.25, -0.2) is 0 Å². The maximum absolute atomic E-state index is 11.5. The van der Waals surface area contributed by atoms with Crippen molar-refractivity contribution < 1.29 is 9.53 Å². The fourth-order valence-electron chi connectivity index (χ4n) is 4.12. The van der Waals surface area contributed by atoms with Gasteiger partial charge >= 0.3 is 0 Å². The van der Waals surface area contributed by atoms with Crippen LogP contribution in [-0.2, 0) is 17.9 Å². The summed E-state index contributed by atoms with van der Waals surface area (Å²) in [5, 5.41) is 1.20. The van der Waals surface area contributed by atoms with Crippen molar-refractivity contribution >= 4 is 16.8 Å². The molecule has 1 aliphatic rings. The van der Waals surface area contributed by atoms with Crippen molar-refractivity contribution in [2.24, 2.45) is 5.73 Å². The highest BCUT2D eigenvalue weighted by Gasteiger charge is 2.31. The molecule has 5 heteroatoms. The van der Waals surface area contributed by atoms with Crippen LogP contribution < -0.4 is 10.5 Å². The van der Waals surface area contributed by atoms with E-state index in [0.717, 1.165) is 36.5 Å². The molecule has 0 saturated carbocycles. The summed E-state index contributed by atoms with van der Waals surface area (Å²) in [4.78, 5) is 14.0. The normalized spacial score (nSPS) is 17.0. The fourth-order valence-corrected chi connectivity index (χ4v) is 4.12. The molecule has 140 valence electrons. The zero-order chi connectivity index (χ0) is 19.0. The van der Waals surface area contributed by atoms with Crippen LogP contribution in [0.3, 0.4) is 0 Å². The number of para-hydroxylation sites is 1. The summed E-state index contributed by atoms with van der Waals surface area (Å²) in [5.74, 6) is 0.581. The first kappa shape index (κ1) is 17.6. The highest BCUT2D eigenvalue weighted by Crippen LogP contribution is 2.38. The molecule has 0 aliphatic carbocycles. The summed E-state index contributed by atoms with van der Waals surface area (Å²) < 4.78 is 7.41. The summed E-state index contributed by atoms with van der Waals surface area (Å²) in [6.45, 7) is 4.22. The molecular formula is C22H25N3O2. The van der Waals surface area contributed by atoms with E-state index in [1.165, 1.54) is 16.5 Å². The molecule has 3 aromatic rings. The van der Waals surface area contributed by atoms with Crippen LogP contribution in [0.5, 0.6) is 5.75 Å². The second-order valence-electron chi connectivity index (χ2n) is 7.19. The third-order valence-electron chi connectivity index (χ3n) is 5.65. The fraction of sp³-hybridized carbons (Fsp3) is 0.318. The Morgan fingerprint density at radius 2 is 2.04 bits per heavy atom. The summed E-state index contributed by atoms with van der Waals surface area (Å²) >= 11 is 0. The Bertz CT molecular complexity index is 992. The number of likely N-dealkylation sites (tertiary alicyclic amines) is 1. The van der Waals surface area contributed by atoms with Crippen molar-refractivity contribution in [2.45, 2.75) is 32.5 Å². The van der Waals surface area contributed by atoms with E-state index in [1.807, 2.05) is 16.7 Å². The van der Waals surface area contributed by atoms with E-state index in [-0.39, 0.29) is 12.5 Å². The first-order valence-electron chi connectivity index (χ1n) is 9.31. The molecule has 0 spiro atoms. The van der Waals surface area contributed by atoms with Gasteiger partial charge in [-0.1, -0.05) is 30.3 Å². The van der Waals surface area contributed by atoms with Gasteiger partial charge in [0.25, 0.3) is 0 Å². The van der Waals surface area contributed by atoms with E-state index < -0.39 is 0 Å². The standard InChI is InChI=1S/C22H25N3O2/c1-15-19(18-8-3-4-9-21(18)25(15)14-22(23)26)13-24-11-10-20(24)16-6-5-7-17(12-16)27-2/h3-9,12,20H,10-11,13-14H2,1-2H3,(H2,23,26). The van der Waals surface area contributed by atoms with E-state index in [1.54, 1.807) is 7.11 Å². The van der Waals surface area contributed by atoms with Gasteiger partial charge in [0.1, 0.15) is 12.3 Å². The van der Waals surface area contributed by atoms with Crippen LogP contribution >= 0.6 is 0 Å². The predicted octanol–water partition coefficient (Wildman–Crippen LogP) is 3.39. The Balaban J connectivity index is 1.65. The van der Waals surface area contributed by atoms with E-state index in [0.29, 0.717) is 6.04 Å². The Labute approximate surface area is 159 Å². The van der Waals surface area contributed by atoms with Gasteiger partial charge in [0.15, 0.2) is 0 Å². The van der Waals surface area contributed by atoms with Crippen molar-refractivity contribution in [3.8, 4) is 5.75 Å². The van der Waals surface area contributed by atoms with E-state index in [4.69, 9.17) is 10.5 Å². The number of carbonyl (C=O) groups excluding carboxylic acids is 1. The maximum atomic E-state index is 11.5. The molecule has 2 aromatic carbocycles. The van der Waals surface area contributed by atoms with Gasteiger partial charge in [0, 0.05) is 35.7 Å². The molecule has 5 nitrogen and oxygen atoms in total. The van der Waals surface area contributed by atoms with Crippen LogP contribution in [0.1, 0.15) is 29.3 Å². The molecule has 1 unspecified atom stereocenters. The second-order valence-corrected chi connectivity index (χ2v) is 7.19. The predicted molar refractivity (Wildman–Crippen MR) is 107 cm³/mol. The van der Waals surface area contributed by atoms with Gasteiger partial charge in [-0.3, -0.25) is 9.69 Å².